The number of aromatic hydroxyl groups is 1. The number of nitro groups is 1. The van der Waals surface area contributed by atoms with Gasteiger partial charge in [-0.05, 0) is 24.6 Å². The van der Waals surface area contributed by atoms with E-state index in [4.69, 9.17) is 4.74 Å². The lowest BCUT2D eigenvalue weighted by Crippen LogP contribution is -1.97. The van der Waals surface area contributed by atoms with Crippen molar-refractivity contribution in [2.24, 2.45) is 0 Å². The van der Waals surface area contributed by atoms with Crippen LogP contribution in [0.1, 0.15) is 25.8 Å². The number of benzene rings is 1. The highest BCUT2D eigenvalue weighted by Gasteiger charge is 2.09. The molecule has 5 heteroatoms. The first-order valence-electron chi connectivity index (χ1n) is 5.39. The van der Waals surface area contributed by atoms with Crippen molar-refractivity contribution < 1.29 is 14.8 Å². The zero-order valence-electron chi connectivity index (χ0n) is 9.84. The zero-order chi connectivity index (χ0) is 12.8. The van der Waals surface area contributed by atoms with Gasteiger partial charge in [-0.1, -0.05) is 13.0 Å². The summed E-state index contributed by atoms with van der Waals surface area (Å²) in [5.41, 5.74) is 0.762. The third-order valence-electron chi connectivity index (χ3n) is 2.21. The van der Waals surface area contributed by atoms with Gasteiger partial charge in [0.25, 0.3) is 0 Å². The van der Waals surface area contributed by atoms with Gasteiger partial charge in [-0.25, -0.2) is 0 Å². The van der Waals surface area contributed by atoms with E-state index >= 15 is 0 Å². The summed E-state index contributed by atoms with van der Waals surface area (Å²) in [6, 6.07) is 4.65. The van der Waals surface area contributed by atoms with Crippen LogP contribution in [0.5, 0.6) is 11.5 Å². The number of ether oxygens (including phenoxy) is 1. The Morgan fingerprint density at radius 2 is 2.24 bits per heavy atom. The van der Waals surface area contributed by atoms with Crippen molar-refractivity contribution in [2.75, 3.05) is 6.61 Å². The Hall–Kier alpha value is -2.04. The van der Waals surface area contributed by atoms with E-state index in [-0.39, 0.29) is 11.4 Å². The fourth-order valence-corrected chi connectivity index (χ4v) is 1.37. The van der Waals surface area contributed by atoms with Crippen LogP contribution in [0.3, 0.4) is 0 Å². The fraction of sp³-hybridized carbons (Fsp3) is 0.333. The summed E-state index contributed by atoms with van der Waals surface area (Å²) in [4.78, 5) is 10.3. The van der Waals surface area contributed by atoms with Crippen molar-refractivity contribution >= 4 is 6.08 Å². The number of rotatable bonds is 5. The Morgan fingerprint density at radius 3 is 2.76 bits per heavy atom. The minimum Gasteiger partial charge on any atom is -0.504 e. The first-order valence-corrected chi connectivity index (χ1v) is 5.39. The molecule has 0 aliphatic carbocycles. The number of nitrogens with zero attached hydrogens (tertiary/aromatic N) is 1. The second-order valence-electron chi connectivity index (χ2n) is 3.41. The molecular formula is C12H15NO4. The lowest BCUT2D eigenvalue weighted by atomic mass is 10.1. The Bertz CT molecular complexity index is 440. The van der Waals surface area contributed by atoms with Gasteiger partial charge in [-0.15, -0.1) is 0 Å². The zero-order valence-corrected chi connectivity index (χ0v) is 9.84. The van der Waals surface area contributed by atoms with Crippen molar-refractivity contribution in [3.63, 3.8) is 0 Å². The monoisotopic (exact) mass is 237 g/mol. The van der Waals surface area contributed by atoms with Gasteiger partial charge in [0.1, 0.15) is 0 Å². The topological polar surface area (TPSA) is 72.6 Å². The average molecular weight is 237 g/mol. The molecule has 5 nitrogen and oxygen atoms in total. The Kier molecular flexibility index (Phi) is 4.51. The highest BCUT2D eigenvalue weighted by atomic mass is 16.6. The molecule has 0 radical (unpaired) electrons. The first kappa shape index (κ1) is 13.0. The van der Waals surface area contributed by atoms with Crippen LogP contribution in [0.4, 0.5) is 0 Å². The molecule has 0 unspecified atom stereocenters. The van der Waals surface area contributed by atoms with Crippen LogP contribution in [0.25, 0.3) is 6.08 Å². The number of phenols is 1. The number of phenolic OH excluding ortho intramolecular Hbond substituents is 1. The van der Waals surface area contributed by atoms with Gasteiger partial charge in [-0.3, -0.25) is 10.1 Å². The van der Waals surface area contributed by atoms with E-state index in [1.54, 1.807) is 26.0 Å². The summed E-state index contributed by atoms with van der Waals surface area (Å²) in [6.07, 6.45) is 1.82. The van der Waals surface area contributed by atoms with Gasteiger partial charge < -0.3 is 9.84 Å². The maximum Gasteiger partial charge on any atom is 0.246 e. The van der Waals surface area contributed by atoms with Crippen LogP contribution in [0, 0.1) is 10.1 Å². The summed E-state index contributed by atoms with van der Waals surface area (Å²) >= 11 is 0. The van der Waals surface area contributed by atoms with Crippen LogP contribution in [0.2, 0.25) is 0 Å². The molecule has 1 rings (SSSR count). The molecule has 1 aromatic carbocycles. The second-order valence-corrected chi connectivity index (χ2v) is 3.41. The predicted octanol–water partition coefficient (Wildman–Crippen LogP) is 2.82. The summed E-state index contributed by atoms with van der Waals surface area (Å²) in [6.45, 7) is 3.95. The highest BCUT2D eigenvalue weighted by molar-refractivity contribution is 5.56. The first-order chi connectivity index (χ1) is 8.08. The molecule has 0 bridgehead atoms. The van der Waals surface area contributed by atoms with Crippen molar-refractivity contribution in [3.05, 3.63) is 39.6 Å². The Morgan fingerprint density at radius 1 is 1.53 bits per heavy atom. The normalized spacial score (nSPS) is 11.3. The van der Waals surface area contributed by atoms with E-state index in [0.29, 0.717) is 24.3 Å². The highest BCUT2D eigenvalue weighted by Crippen LogP contribution is 2.27. The fourth-order valence-electron chi connectivity index (χ4n) is 1.37. The smallest absolute Gasteiger partial charge is 0.246 e. The molecule has 0 aromatic heterocycles. The minimum atomic E-state index is -0.410. The lowest BCUT2D eigenvalue weighted by Gasteiger charge is -2.06. The third kappa shape index (κ3) is 3.48. The molecule has 0 spiro atoms. The molecule has 0 saturated carbocycles. The third-order valence-corrected chi connectivity index (χ3v) is 2.21. The van der Waals surface area contributed by atoms with E-state index in [1.807, 2.05) is 0 Å². The van der Waals surface area contributed by atoms with Gasteiger partial charge in [0, 0.05) is 12.5 Å². The van der Waals surface area contributed by atoms with Gasteiger partial charge in [0.2, 0.25) is 5.70 Å². The summed E-state index contributed by atoms with van der Waals surface area (Å²) in [5, 5.41) is 20.2. The minimum absolute atomic E-state index is 0.0307. The van der Waals surface area contributed by atoms with Gasteiger partial charge in [0.05, 0.1) is 11.5 Å². The molecule has 0 aliphatic rings. The summed E-state index contributed by atoms with van der Waals surface area (Å²) in [5.74, 6) is 0.364. The van der Waals surface area contributed by atoms with Crippen LogP contribution in [-0.2, 0) is 0 Å². The number of allylic oxidation sites excluding steroid dienone is 1. The van der Waals surface area contributed by atoms with Gasteiger partial charge in [-0.2, -0.15) is 0 Å². The molecule has 0 saturated heterocycles. The molecule has 0 atom stereocenters. The van der Waals surface area contributed by atoms with E-state index in [2.05, 4.69) is 0 Å². The molecule has 1 N–H and O–H groups in total. The molecule has 0 amide bonds. The maximum absolute atomic E-state index is 10.7. The van der Waals surface area contributed by atoms with Crippen LogP contribution in [0.15, 0.2) is 23.9 Å². The average Bonchev–Trinajstić information content (AvgIpc) is 2.30. The maximum atomic E-state index is 10.7. The molecule has 0 heterocycles. The number of hydrogen-bond donors (Lipinski definition) is 1. The van der Waals surface area contributed by atoms with E-state index in [9.17, 15) is 15.2 Å². The molecule has 17 heavy (non-hydrogen) atoms. The van der Waals surface area contributed by atoms with Gasteiger partial charge >= 0.3 is 0 Å². The Labute approximate surface area is 99.5 Å². The van der Waals surface area contributed by atoms with Gasteiger partial charge in [0.15, 0.2) is 11.5 Å². The molecular weight excluding hydrogens is 222 g/mol. The predicted molar refractivity (Wildman–Crippen MR) is 64.5 cm³/mol. The SMILES string of the molecule is CCOc1cc(/C=C(/CC)[N+](=O)[O-])ccc1O. The van der Waals surface area contributed by atoms with Crippen LogP contribution < -0.4 is 4.74 Å². The molecule has 0 aliphatic heterocycles. The van der Waals surface area contributed by atoms with Crippen LogP contribution in [-0.4, -0.2) is 16.6 Å². The van der Waals surface area contributed by atoms with Crippen molar-refractivity contribution in [2.45, 2.75) is 20.3 Å². The van der Waals surface area contributed by atoms with Crippen molar-refractivity contribution in [3.8, 4) is 11.5 Å². The summed E-state index contributed by atoms with van der Waals surface area (Å²) < 4.78 is 5.20. The standard InChI is InChI=1S/C12H15NO4/c1-3-10(13(15)16)7-9-5-6-11(14)12(8-9)17-4-2/h5-8,14H,3-4H2,1-2H3/b10-7-. The van der Waals surface area contributed by atoms with Crippen molar-refractivity contribution in [1.82, 2.24) is 0 Å². The summed E-state index contributed by atoms with van der Waals surface area (Å²) in [7, 11) is 0. The second kappa shape index (κ2) is 5.89. The molecule has 0 fully saturated rings. The largest absolute Gasteiger partial charge is 0.504 e. The van der Waals surface area contributed by atoms with Crippen molar-refractivity contribution in [1.29, 1.82) is 0 Å². The molecule has 92 valence electrons. The lowest BCUT2D eigenvalue weighted by molar-refractivity contribution is -0.425. The Balaban J connectivity index is 3.07. The van der Waals surface area contributed by atoms with E-state index in [1.165, 1.54) is 12.1 Å². The number of hydrogen-bond acceptors (Lipinski definition) is 4. The molecule has 1 aromatic rings. The van der Waals surface area contributed by atoms with E-state index < -0.39 is 4.92 Å². The quantitative estimate of drug-likeness (QED) is 0.631. The van der Waals surface area contributed by atoms with Crippen LogP contribution >= 0.6 is 0 Å². The van der Waals surface area contributed by atoms with E-state index in [0.717, 1.165) is 0 Å².